The number of rotatable bonds is 5. The fraction of sp³-hybridized carbons (Fsp3) is 0.444. The van der Waals surface area contributed by atoms with Gasteiger partial charge in [-0.25, -0.2) is 4.79 Å². The van der Waals surface area contributed by atoms with Crippen molar-refractivity contribution in [3.8, 4) is 0 Å². The van der Waals surface area contributed by atoms with Crippen molar-refractivity contribution in [3.05, 3.63) is 36.9 Å². The van der Waals surface area contributed by atoms with E-state index in [0.29, 0.717) is 29.8 Å². The van der Waals surface area contributed by atoms with Gasteiger partial charge in [-0.15, -0.1) is 19.0 Å². The van der Waals surface area contributed by atoms with Crippen molar-refractivity contribution >= 4 is 35.7 Å². The SMILES string of the molecule is C=CCNC(=O)Nc1ccc(NC(=O)C2C3CCC(C3)C2N)cc1.Cl. The molecule has 0 aromatic heterocycles. The quantitative estimate of drug-likeness (QED) is 0.605. The van der Waals surface area contributed by atoms with Crippen LogP contribution in [0.4, 0.5) is 16.2 Å². The van der Waals surface area contributed by atoms with Crippen LogP contribution in [-0.2, 0) is 4.79 Å². The number of benzene rings is 1. The summed E-state index contributed by atoms with van der Waals surface area (Å²) >= 11 is 0. The van der Waals surface area contributed by atoms with Gasteiger partial charge in [0.25, 0.3) is 0 Å². The normalized spacial score (nSPS) is 26.4. The monoisotopic (exact) mass is 364 g/mol. The average Bonchev–Trinajstić information content (AvgIpc) is 3.15. The third-order valence-corrected chi connectivity index (χ3v) is 5.10. The van der Waals surface area contributed by atoms with Crippen molar-refractivity contribution in [2.24, 2.45) is 23.5 Å². The van der Waals surface area contributed by atoms with E-state index in [1.165, 1.54) is 0 Å². The van der Waals surface area contributed by atoms with E-state index in [1.54, 1.807) is 30.3 Å². The van der Waals surface area contributed by atoms with E-state index in [0.717, 1.165) is 19.3 Å². The molecular formula is C18H25ClN4O2. The Balaban J connectivity index is 0.00000225. The number of hydrogen-bond donors (Lipinski definition) is 4. The number of carbonyl (C=O) groups is 2. The molecule has 2 aliphatic rings. The zero-order valence-corrected chi connectivity index (χ0v) is 14.9. The molecule has 6 nitrogen and oxygen atoms in total. The first kappa shape index (κ1) is 19.3. The number of urea groups is 1. The van der Waals surface area contributed by atoms with Crippen LogP contribution in [-0.4, -0.2) is 24.5 Å². The molecule has 0 spiro atoms. The molecule has 0 heterocycles. The van der Waals surface area contributed by atoms with Gasteiger partial charge in [-0.1, -0.05) is 6.08 Å². The van der Waals surface area contributed by atoms with E-state index >= 15 is 0 Å². The summed E-state index contributed by atoms with van der Waals surface area (Å²) < 4.78 is 0. The molecule has 7 heteroatoms. The van der Waals surface area contributed by atoms with Gasteiger partial charge in [0, 0.05) is 24.0 Å². The molecule has 3 rings (SSSR count). The highest BCUT2D eigenvalue weighted by Crippen LogP contribution is 2.47. The number of fused-ring (bicyclic) bond motifs is 2. The summed E-state index contributed by atoms with van der Waals surface area (Å²) in [5, 5.41) is 8.30. The van der Waals surface area contributed by atoms with Gasteiger partial charge in [-0.2, -0.15) is 0 Å². The molecule has 25 heavy (non-hydrogen) atoms. The Labute approximate surface area is 154 Å². The number of hydrogen-bond acceptors (Lipinski definition) is 3. The molecule has 4 atom stereocenters. The molecule has 0 radical (unpaired) electrons. The number of nitrogens with one attached hydrogen (secondary N) is 3. The van der Waals surface area contributed by atoms with Crippen LogP contribution in [0, 0.1) is 17.8 Å². The highest BCUT2D eigenvalue weighted by molar-refractivity contribution is 5.94. The molecule has 136 valence electrons. The lowest BCUT2D eigenvalue weighted by atomic mass is 9.84. The first-order valence-electron chi connectivity index (χ1n) is 8.40. The number of carbonyl (C=O) groups excluding carboxylic acids is 2. The van der Waals surface area contributed by atoms with Crippen molar-refractivity contribution in [1.29, 1.82) is 0 Å². The fourth-order valence-electron chi connectivity index (χ4n) is 3.93. The summed E-state index contributed by atoms with van der Waals surface area (Å²) in [6.45, 7) is 3.95. The summed E-state index contributed by atoms with van der Waals surface area (Å²) in [5.41, 5.74) is 7.59. The number of nitrogens with two attached hydrogens (primary N) is 1. The summed E-state index contributed by atoms with van der Waals surface area (Å²) in [7, 11) is 0. The third-order valence-electron chi connectivity index (χ3n) is 5.10. The Hall–Kier alpha value is -2.05. The van der Waals surface area contributed by atoms with Gasteiger partial charge in [0.05, 0.1) is 5.92 Å². The lowest BCUT2D eigenvalue weighted by molar-refractivity contribution is -0.121. The fourth-order valence-corrected chi connectivity index (χ4v) is 3.93. The molecule has 3 amide bonds. The van der Waals surface area contributed by atoms with Crippen LogP contribution in [0.25, 0.3) is 0 Å². The van der Waals surface area contributed by atoms with Crippen LogP contribution in [0.5, 0.6) is 0 Å². The maximum absolute atomic E-state index is 12.5. The number of halogens is 1. The van der Waals surface area contributed by atoms with Crippen molar-refractivity contribution in [2.75, 3.05) is 17.2 Å². The van der Waals surface area contributed by atoms with Gasteiger partial charge in [-0.05, 0) is 55.4 Å². The summed E-state index contributed by atoms with van der Waals surface area (Å²) in [6.07, 6.45) is 4.96. The van der Waals surface area contributed by atoms with E-state index < -0.39 is 0 Å². The van der Waals surface area contributed by atoms with Crippen LogP contribution in [0.2, 0.25) is 0 Å². The molecule has 2 fully saturated rings. The van der Waals surface area contributed by atoms with Crippen LogP contribution < -0.4 is 21.7 Å². The van der Waals surface area contributed by atoms with Gasteiger partial charge >= 0.3 is 6.03 Å². The van der Waals surface area contributed by atoms with E-state index in [-0.39, 0.29) is 36.3 Å². The Morgan fingerprint density at radius 1 is 1.12 bits per heavy atom. The summed E-state index contributed by atoms with van der Waals surface area (Å²) in [4.78, 5) is 24.1. The minimum atomic E-state index is -0.292. The standard InChI is InChI=1S/C18H24N4O2.ClH/c1-2-9-20-18(24)22-14-7-5-13(6-8-14)21-17(23)15-11-3-4-12(10-11)16(15)19;/h2,5-8,11-12,15-16H,1,3-4,9-10,19H2,(H,21,23)(H2,20,22,24);1H. The molecular weight excluding hydrogens is 340 g/mol. The molecule has 0 aliphatic heterocycles. The van der Waals surface area contributed by atoms with E-state index in [1.807, 2.05) is 0 Å². The minimum Gasteiger partial charge on any atom is -0.334 e. The highest BCUT2D eigenvalue weighted by Gasteiger charge is 2.49. The predicted octanol–water partition coefficient (Wildman–Crippen LogP) is 2.73. The highest BCUT2D eigenvalue weighted by atomic mass is 35.5. The van der Waals surface area contributed by atoms with Gasteiger partial charge in [0.15, 0.2) is 0 Å². The van der Waals surface area contributed by atoms with Crippen molar-refractivity contribution in [3.63, 3.8) is 0 Å². The Morgan fingerprint density at radius 3 is 2.28 bits per heavy atom. The Morgan fingerprint density at radius 2 is 1.72 bits per heavy atom. The first-order chi connectivity index (χ1) is 11.6. The number of amides is 3. The van der Waals surface area contributed by atoms with Crippen LogP contribution >= 0.6 is 12.4 Å². The van der Waals surface area contributed by atoms with Crippen LogP contribution in [0.3, 0.4) is 0 Å². The van der Waals surface area contributed by atoms with E-state index in [4.69, 9.17) is 5.73 Å². The van der Waals surface area contributed by atoms with Gasteiger partial charge in [0.2, 0.25) is 5.91 Å². The topological polar surface area (TPSA) is 96.2 Å². The van der Waals surface area contributed by atoms with Crippen molar-refractivity contribution in [2.45, 2.75) is 25.3 Å². The van der Waals surface area contributed by atoms with Crippen molar-refractivity contribution in [1.82, 2.24) is 5.32 Å². The zero-order chi connectivity index (χ0) is 17.1. The molecule has 4 unspecified atom stereocenters. The van der Waals surface area contributed by atoms with Crippen LogP contribution in [0.1, 0.15) is 19.3 Å². The Bertz CT molecular complexity index is 632. The maximum Gasteiger partial charge on any atom is 0.319 e. The first-order valence-corrected chi connectivity index (χ1v) is 8.40. The van der Waals surface area contributed by atoms with E-state index in [2.05, 4.69) is 22.5 Å². The second kappa shape index (κ2) is 8.36. The smallest absolute Gasteiger partial charge is 0.319 e. The summed E-state index contributed by atoms with van der Waals surface area (Å²) in [5.74, 6) is 0.872. The van der Waals surface area contributed by atoms with Crippen molar-refractivity contribution < 1.29 is 9.59 Å². The van der Waals surface area contributed by atoms with E-state index in [9.17, 15) is 9.59 Å². The largest absolute Gasteiger partial charge is 0.334 e. The minimum absolute atomic E-state index is 0. The molecule has 2 aliphatic carbocycles. The molecule has 1 aromatic carbocycles. The summed E-state index contributed by atoms with van der Waals surface area (Å²) in [6, 6.07) is 6.76. The zero-order valence-electron chi connectivity index (χ0n) is 14.0. The maximum atomic E-state index is 12.5. The molecule has 5 N–H and O–H groups in total. The molecule has 2 saturated carbocycles. The van der Waals surface area contributed by atoms with Gasteiger partial charge in [-0.3, -0.25) is 4.79 Å². The number of anilines is 2. The average molecular weight is 365 g/mol. The predicted molar refractivity (Wildman–Crippen MR) is 102 cm³/mol. The lowest BCUT2D eigenvalue weighted by Crippen LogP contribution is -2.42. The van der Waals surface area contributed by atoms with Gasteiger partial charge < -0.3 is 21.7 Å². The third kappa shape index (κ3) is 4.32. The lowest BCUT2D eigenvalue weighted by Gasteiger charge is -2.27. The molecule has 2 bridgehead atoms. The second-order valence-corrected chi connectivity index (χ2v) is 6.63. The Kier molecular flexibility index (Phi) is 6.45. The van der Waals surface area contributed by atoms with Gasteiger partial charge in [0.1, 0.15) is 0 Å². The van der Waals surface area contributed by atoms with Crippen LogP contribution in [0.15, 0.2) is 36.9 Å². The molecule has 0 saturated heterocycles. The molecule has 1 aromatic rings. The second-order valence-electron chi connectivity index (χ2n) is 6.63.